The number of carbonyl (C=O) groups is 2. The van der Waals surface area contributed by atoms with Gasteiger partial charge in [0, 0.05) is 0 Å². The Labute approximate surface area is 122 Å². The predicted octanol–water partition coefficient (Wildman–Crippen LogP) is 1.75. The fraction of sp³-hybridized carbons (Fsp3) is 0.429. The number of nitrogens with one attached hydrogen (secondary N) is 1. The number of phenols is 1. The van der Waals surface area contributed by atoms with Crippen LogP contribution in [0.2, 0.25) is 0 Å². The molecule has 7 heteroatoms. The van der Waals surface area contributed by atoms with Gasteiger partial charge < -0.3 is 25.0 Å². The summed E-state index contributed by atoms with van der Waals surface area (Å²) in [5, 5.41) is 20.4. The van der Waals surface area contributed by atoms with Crippen molar-refractivity contribution in [1.82, 2.24) is 5.32 Å². The molecule has 0 saturated carbocycles. The zero-order valence-corrected chi connectivity index (χ0v) is 12.1. The number of carboxylic acids is 1. The first-order valence-corrected chi connectivity index (χ1v) is 6.31. The van der Waals surface area contributed by atoms with Crippen molar-refractivity contribution in [3.05, 3.63) is 24.3 Å². The first-order valence-electron chi connectivity index (χ1n) is 6.31. The molecule has 0 fully saturated rings. The molecule has 0 bridgehead atoms. The maximum Gasteiger partial charge on any atom is 0.408 e. The molecule has 0 unspecified atom stereocenters. The maximum absolute atomic E-state index is 11.5. The molecule has 1 amide bonds. The number of carboxylic acid groups (broad SMARTS) is 1. The van der Waals surface area contributed by atoms with Crippen molar-refractivity contribution in [2.24, 2.45) is 0 Å². The molecule has 0 spiro atoms. The molecule has 0 aliphatic rings. The summed E-state index contributed by atoms with van der Waals surface area (Å²) in [7, 11) is 0. The van der Waals surface area contributed by atoms with Crippen molar-refractivity contribution in [2.45, 2.75) is 32.4 Å². The second-order valence-electron chi connectivity index (χ2n) is 5.34. The van der Waals surface area contributed by atoms with Crippen LogP contribution in [0.15, 0.2) is 24.3 Å². The van der Waals surface area contributed by atoms with Crippen molar-refractivity contribution in [1.29, 1.82) is 0 Å². The van der Waals surface area contributed by atoms with E-state index in [1.807, 2.05) is 0 Å². The van der Waals surface area contributed by atoms with Crippen LogP contribution in [-0.2, 0) is 9.53 Å². The quantitative estimate of drug-likeness (QED) is 0.764. The van der Waals surface area contributed by atoms with Gasteiger partial charge in [-0.1, -0.05) is 0 Å². The summed E-state index contributed by atoms with van der Waals surface area (Å²) in [4.78, 5) is 22.6. The zero-order chi connectivity index (χ0) is 16.0. The van der Waals surface area contributed by atoms with Gasteiger partial charge in [-0.2, -0.15) is 0 Å². The molecule has 0 radical (unpaired) electrons. The van der Waals surface area contributed by atoms with Crippen molar-refractivity contribution >= 4 is 12.1 Å². The second-order valence-corrected chi connectivity index (χ2v) is 5.34. The summed E-state index contributed by atoms with van der Waals surface area (Å²) in [5.74, 6) is -0.784. The van der Waals surface area contributed by atoms with Gasteiger partial charge in [-0.25, -0.2) is 9.59 Å². The van der Waals surface area contributed by atoms with Crippen LogP contribution in [0.3, 0.4) is 0 Å². The van der Waals surface area contributed by atoms with Crippen LogP contribution in [0.25, 0.3) is 0 Å². The van der Waals surface area contributed by atoms with E-state index in [1.54, 1.807) is 20.8 Å². The number of phenolic OH excluding ortho intramolecular Hbond substituents is 1. The van der Waals surface area contributed by atoms with E-state index in [2.05, 4.69) is 5.32 Å². The van der Waals surface area contributed by atoms with Crippen LogP contribution in [0.4, 0.5) is 4.79 Å². The fourth-order valence-corrected chi connectivity index (χ4v) is 1.35. The highest BCUT2D eigenvalue weighted by Gasteiger charge is 2.24. The Hall–Kier alpha value is -2.44. The number of hydrogen-bond donors (Lipinski definition) is 3. The van der Waals surface area contributed by atoms with E-state index < -0.39 is 23.7 Å². The highest BCUT2D eigenvalue weighted by molar-refractivity contribution is 5.80. The van der Waals surface area contributed by atoms with Crippen molar-refractivity contribution in [2.75, 3.05) is 6.61 Å². The molecular formula is C14H19NO6. The number of amides is 1. The molecule has 3 N–H and O–H groups in total. The Kier molecular flexibility index (Phi) is 5.40. The van der Waals surface area contributed by atoms with Crippen molar-refractivity contribution in [3.8, 4) is 11.5 Å². The number of aromatic hydroxyl groups is 1. The van der Waals surface area contributed by atoms with Gasteiger partial charge in [-0.15, -0.1) is 0 Å². The van der Waals surface area contributed by atoms with E-state index in [-0.39, 0.29) is 12.4 Å². The van der Waals surface area contributed by atoms with E-state index in [0.29, 0.717) is 5.75 Å². The van der Waals surface area contributed by atoms with Crippen molar-refractivity contribution in [3.63, 3.8) is 0 Å². The molecule has 1 rings (SSSR count). The number of alkyl carbamates (subject to hydrolysis) is 1. The molecule has 1 atom stereocenters. The number of hydrogen-bond acceptors (Lipinski definition) is 5. The van der Waals surface area contributed by atoms with E-state index in [4.69, 9.17) is 19.7 Å². The second kappa shape index (κ2) is 6.83. The summed E-state index contributed by atoms with van der Waals surface area (Å²) in [5.41, 5.74) is -0.717. The van der Waals surface area contributed by atoms with Crippen LogP contribution < -0.4 is 10.1 Å². The van der Waals surface area contributed by atoms with E-state index in [9.17, 15) is 9.59 Å². The topological polar surface area (TPSA) is 105 Å². The van der Waals surface area contributed by atoms with Crippen LogP contribution >= 0.6 is 0 Å². The molecule has 0 aliphatic heterocycles. The van der Waals surface area contributed by atoms with Crippen LogP contribution in [0.5, 0.6) is 11.5 Å². The molecule has 0 aromatic heterocycles. The average molecular weight is 297 g/mol. The molecule has 0 aliphatic carbocycles. The Bertz CT molecular complexity index is 491. The summed E-state index contributed by atoms with van der Waals surface area (Å²) < 4.78 is 10.2. The lowest BCUT2D eigenvalue weighted by Gasteiger charge is -2.22. The summed E-state index contributed by atoms with van der Waals surface area (Å²) in [6.45, 7) is 4.76. The Morgan fingerprint density at radius 3 is 2.29 bits per heavy atom. The first kappa shape index (κ1) is 16.6. The first-order chi connectivity index (χ1) is 9.67. The van der Waals surface area contributed by atoms with Gasteiger partial charge in [0.1, 0.15) is 23.7 Å². The van der Waals surface area contributed by atoms with Crippen LogP contribution in [0.1, 0.15) is 20.8 Å². The van der Waals surface area contributed by atoms with Gasteiger partial charge in [0.15, 0.2) is 6.04 Å². The third-order valence-corrected chi connectivity index (χ3v) is 2.24. The molecule has 116 valence electrons. The standard InChI is InChI=1S/C14H19NO6/c1-14(2,3)21-13(19)15-11(12(17)18)8-20-10-6-4-9(16)5-7-10/h4-7,11,16H,8H2,1-3H3,(H,15,19)(H,17,18)/t11-/m0/s1. The van der Waals surface area contributed by atoms with Gasteiger partial charge in [0.05, 0.1) is 0 Å². The third kappa shape index (κ3) is 6.51. The SMILES string of the molecule is CC(C)(C)OC(=O)N[C@@H](COc1ccc(O)cc1)C(=O)O. The molecule has 7 nitrogen and oxygen atoms in total. The van der Waals surface area contributed by atoms with Gasteiger partial charge in [-0.3, -0.25) is 0 Å². The van der Waals surface area contributed by atoms with Gasteiger partial charge in [0.2, 0.25) is 0 Å². The Morgan fingerprint density at radius 1 is 1.24 bits per heavy atom. The predicted molar refractivity (Wildman–Crippen MR) is 74.4 cm³/mol. The number of aliphatic carboxylic acids is 1. The van der Waals surface area contributed by atoms with Crippen LogP contribution in [0, 0.1) is 0 Å². The van der Waals surface area contributed by atoms with Crippen LogP contribution in [-0.4, -0.2) is 40.5 Å². The lowest BCUT2D eigenvalue weighted by atomic mass is 10.2. The normalized spacial score (nSPS) is 12.3. The molecule has 1 aromatic carbocycles. The molecular weight excluding hydrogens is 278 g/mol. The average Bonchev–Trinajstić information content (AvgIpc) is 2.33. The molecule has 0 heterocycles. The molecule has 1 aromatic rings. The van der Waals surface area contributed by atoms with E-state index in [0.717, 1.165) is 0 Å². The Morgan fingerprint density at radius 2 is 1.81 bits per heavy atom. The minimum atomic E-state index is -1.24. The van der Waals surface area contributed by atoms with E-state index >= 15 is 0 Å². The lowest BCUT2D eigenvalue weighted by molar-refractivity contribution is -0.140. The minimum Gasteiger partial charge on any atom is -0.508 e. The number of rotatable bonds is 5. The molecule has 21 heavy (non-hydrogen) atoms. The molecule has 0 saturated heterocycles. The van der Waals surface area contributed by atoms with Crippen molar-refractivity contribution < 1.29 is 29.3 Å². The lowest BCUT2D eigenvalue weighted by Crippen LogP contribution is -2.46. The summed E-state index contributed by atoms with van der Waals surface area (Å²) in [6.07, 6.45) is -0.829. The van der Waals surface area contributed by atoms with Gasteiger partial charge in [-0.05, 0) is 45.0 Å². The highest BCUT2D eigenvalue weighted by Crippen LogP contribution is 2.16. The largest absolute Gasteiger partial charge is 0.508 e. The minimum absolute atomic E-state index is 0.0732. The fourth-order valence-electron chi connectivity index (χ4n) is 1.35. The highest BCUT2D eigenvalue weighted by atomic mass is 16.6. The monoisotopic (exact) mass is 297 g/mol. The zero-order valence-electron chi connectivity index (χ0n) is 12.1. The number of ether oxygens (including phenoxy) is 2. The smallest absolute Gasteiger partial charge is 0.408 e. The third-order valence-electron chi connectivity index (χ3n) is 2.24. The number of benzene rings is 1. The summed E-state index contributed by atoms with van der Waals surface area (Å²) >= 11 is 0. The Balaban J connectivity index is 2.56. The number of carbonyl (C=O) groups excluding carboxylic acids is 1. The van der Waals surface area contributed by atoms with E-state index in [1.165, 1.54) is 24.3 Å². The van der Waals surface area contributed by atoms with Gasteiger partial charge in [0.25, 0.3) is 0 Å². The maximum atomic E-state index is 11.5. The van der Waals surface area contributed by atoms with Gasteiger partial charge >= 0.3 is 12.1 Å². The summed E-state index contributed by atoms with van der Waals surface area (Å²) in [6, 6.07) is 4.55.